The maximum atomic E-state index is 10.6. The van der Waals surface area contributed by atoms with Crippen LogP contribution in [0.5, 0.6) is 0 Å². The molecule has 0 aliphatic heterocycles. The summed E-state index contributed by atoms with van der Waals surface area (Å²) in [6.45, 7) is -0.570. The van der Waals surface area contributed by atoms with Crippen LogP contribution in [-0.2, 0) is 9.36 Å². The smallest absolute Gasteiger partial charge is 0.469 e. The molecule has 0 aromatic heterocycles. The highest BCUT2D eigenvalue weighted by Crippen LogP contribution is 2.60. The van der Waals surface area contributed by atoms with Crippen molar-refractivity contribution in [2.24, 2.45) is 4.99 Å². The highest BCUT2D eigenvalue weighted by atomic mass is 31.3. The average molecular weight is 262 g/mol. The van der Waals surface area contributed by atoms with Crippen molar-refractivity contribution in [3.05, 3.63) is 0 Å². The molecule has 6 N–H and O–H groups in total. The summed E-state index contributed by atoms with van der Waals surface area (Å²) >= 11 is 0. The van der Waals surface area contributed by atoms with E-state index in [9.17, 15) is 9.36 Å². The molecule has 0 saturated carbocycles. The molecule has 0 spiro atoms. The molecule has 11 heteroatoms. The van der Waals surface area contributed by atoms with E-state index < -0.39 is 39.7 Å². The summed E-state index contributed by atoms with van der Waals surface area (Å²) in [5.41, 5.74) is 0. The predicted molar refractivity (Wildman–Crippen MR) is 50.2 cm³/mol. The van der Waals surface area contributed by atoms with E-state index in [2.05, 4.69) is 4.99 Å². The zero-order valence-electron chi connectivity index (χ0n) is 7.26. The topological polar surface area (TPSA) is 168 Å². The van der Waals surface area contributed by atoms with Crippen molar-refractivity contribution >= 4 is 26.7 Å². The number of nitrogens with zero attached hydrogens (tertiary/aromatic N) is 1. The third-order valence-corrected chi connectivity index (χ3v) is 4.03. The lowest BCUT2D eigenvalue weighted by Gasteiger charge is -2.07. The van der Waals surface area contributed by atoms with E-state index in [1.54, 1.807) is 0 Å². The average Bonchev–Trinajstić information content (AvgIpc) is 1.92. The van der Waals surface area contributed by atoms with Gasteiger partial charge in [-0.1, -0.05) is 0 Å². The van der Waals surface area contributed by atoms with Gasteiger partial charge in [0.15, 0.2) is 0 Å². The van der Waals surface area contributed by atoms with Crippen LogP contribution in [0.2, 0.25) is 0 Å². The largest absolute Gasteiger partial charge is 0.481 e. The zero-order chi connectivity index (χ0) is 12.3. The molecule has 0 radical (unpaired) electrons. The van der Waals surface area contributed by atoms with E-state index in [1.165, 1.54) is 0 Å². The van der Waals surface area contributed by atoms with E-state index in [1.807, 2.05) is 0 Å². The summed E-state index contributed by atoms with van der Waals surface area (Å²) in [5.74, 6) is -1.28. The van der Waals surface area contributed by atoms with Gasteiger partial charge in [-0.05, 0) is 0 Å². The first-order chi connectivity index (χ1) is 6.55. The van der Waals surface area contributed by atoms with Gasteiger partial charge in [0, 0.05) is 0 Å². The highest BCUT2D eigenvalue weighted by Gasteiger charge is 2.51. The number of hydrogen-bond donors (Lipinski definition) is 6. The summed E-state index contributed by atoms with van der Waals surface area (Å²) in [4.78, 5) is 56.0. The van der Waals surface area contributed by atoms with Crippen LogP contribution >= 0.6 is 15.5 Å². The standard InChI is InChI=1S/C4H9NO8P2/c6-3(7)1-2-5-4(14(8,9)10)15(11,12)13/h8-10H,1-2H2,(H2-,6,7,11,12,13)/p+1. The van der Waals surface area contributed by atoms with Crippen molar-refractivity contribution in [2.45, 2.75) is 6.42 Å². The van der Waals surface area contributed by atoms with Crippen molar-refractivity contribution in [3.8, 4) is 0 Å². The third-order valence-electron chi connectivity index (χ3n) is 1.11. The molecule has 0 aromatic carbocycles. The quantitative estimate of drug-likeness (QED) is 0.263. The molecular weight excluding hydrogens is 252 g/mol. The molecular formula is C4H10NO8P2+. The Hall–Kier alpha value is -0.400. The minimum absolute atomic E-state index is 0.552. The summed E-state index contributed by atoms with van der Waals surface area (Å²) in [6.07, 6.45) is -0.552. The van der Waals surface area contributed by atoms with Crippen LogP contribution in [0.4, 0.5) is 0 Å². The second-order valence-electron chi connectivity index (χ2n) is 2.44. The van der Waals surface area contributed by atoms with Gasteiger partial charge < -0.3 is 14.9 Å². The Balaban J connectivity index is 4.82. The normalized spacial score (nSPS) is 14.1. The Morgan fingerprint density at radius 1 is 1.27 bits per heavy atom. The summed E-state index contributed by atoms with van der Waals surface area (Å²) < 4.78 is 10.6. The van der Waals surface area contributed by atoms with Crippen molar-refractivity contribution in [2.75, 3.05) is 6.54 Å². The third kappa shape index (κ3) is 5.91. The van der Waals surface area contributed by atoms with Gasteiger partial charge in [-0.15, -0.1) is 0 Å². The summed E-state index contributed by atoms with van der Waals surface area (Å²) in [6, 6.07) is 0. The Labute approximate surface area is 84.5 Å². The van der Waals surface area contributed by atoms with Crippen LogP contribution in [0, 0.1) is 0 Å². The lowest BCUT2D eigenvalue weighted by molar-refractivity contribution is -0.136. The number of rotatable bonds is 5. The molecule has 88 valence electrons. The molecule has 15 heavy (non-hydrogen) atoms. The molecule has 0 bridgehead atoms. The first-order valence-corrected chi connectivity index (χ1v) is 6.71. The van der Waals surface area contributed by atoms with Crippen LogP contribution in [0.3, 0.4) is 0 Å². The maximum absolute atomic E-state index is 10.6. The zero-order valence-corrected chi connectivity index (χ0v) is 9.04. The molecule has 0 unspecified atom stereocenters. The molecule has 0 atom stereocenters. The SMILES string of the molecule is O=C(O)CCN=C(P(=O)(O)O)[P+](O)(O)O. The van der Waals surface area contributed by atoms with Crippen LogP contribution in [0.1, 0.15) is 6.42 Å². The van der Waals surface area contributed by atoms with E-state index in [4.69, 9.17) is 29.6 Å². The Kier molecular flexibility index (Phi) is 4.95. The number of aliphatic carboxylic acids is 1. The van der Waals surface area contributed by atoms with Crippen molar-refractivity contribution in [3.63, 3.8) is 0 Å². The second-order valence-corrected chi connectivity index (χ2v) is 5.86. The monoisotopic (exact) mass is 262 g/mol. The fourth-order valence-corrected chi connectivity index (χ4v) is 2.59. The summed E-state index contributed by atoms with van der Waals surface area (Å²) in [7, 11) is -10.0. The predicted octanol–water partition coefficient (Wildman–Crippen LogP) is -1.27. The number of hydrogen-bond acceptors (Lipinski definition) is 6. The number of aliphatic imine (C=N–C) groups is 1. The first kappa shape index (κ1) is 14.6. The summed E-state index contributed by atoms with van der Waals surface area (Å²) in [5, 5.41) is 6.71. The lowest BCUT2D eigenvalue weighted by atomic mass is 10.4. The Morgan fingerprint density at radius 3 is 2.00 bits per heavy atom. The number of carbonyl (C=O) groups is 1. The van der Waals surface area contributed by atoms with Gasteiger partial charge in [-0.3, -0.25) is 4.79 Å². The van der Waals surface area contributed by atoms with Crippen molar-refractivity contribution in [1.82, 2.24) is 0 Å². The minimum Gasteiger partial charge on any atom is -0.481 e. The van der Waals surface area contributed by atoms with E-state index in [0.717, 1.165) is 0 Å². The van der Waals surface area contributed by atoms with Gasteiger partial charge in [0.25, 0.3) is 0 Å². The molecule has 0 saturated heterocycles. The first-order valence-electron chi connectivity index (χ1n) is 3.45. The van der Waals surface area contributed by atoms with Gasteiger partial charge in [0.05, 0.1) is 13.0 Å². The van der Waals surface area contributed by atoms with Gasteiger partial charge in [-0.2, -0.15) is 14.7 Å². The highest BCUT2D eigenvalue weighted by molar-refractivity contribution is 8.00. The van der Waals surface area contributed by atoms with E-state index in [0.29, 0.717) is 0 Å². The van der Waals surface area contributed by atoms with Gasteiger partial charge >= 0.3 is 26.7 Å². The fraction of sp³-hybridized carbons (Fsp3) is 0.500. The molecule has 0 fully saturated rings. The van der Waals surface area contributed by atoms with Crippen LogP contribution < -0.4 is 0 Å². The molecule has 0 rings (SSSR count). The van der Waals surface area contributed by atoms with E-state index >= 15 is 0 Å². The maximum Gasteiger partial charge on any atom is 0.469 e. The van der Waals surface area contributed by atoms with Crippen LogP contribution in [0.25, 0.3) is 0 Å². The molecule has 0 aliphatic rings. The second kappa shape index (κ2) is 5.09. The molecule has 0 aliphatic carbocycles. The number of carboxylic acids is 1. The molecule has 0 aromatic rings. The molecule has 0 amide bonds. The fourth-order valence-electron chi connectivity index (χ4n) is 0.613. The van der Waals surface area contributed by atoms with Crippen molar-refractivity contribution < 1.29 is 38.9 Å². The van der Waals surface area contributed by atoms with Crippen LogP contribution in [-0.4, -0.2) is 47.3 Å². The van der Waals surface area contributed by atoms with E-state index in [-0.39, 0.29) is 0 Å². The minimum atomic E-state index is -5.10. The number of carboxylic acid groups (broad SMARTS) is 1. The van der Waals surface area contributed by atoms with Gasteiger partial charge in [0.2, 0.25) is 0 Å². The lowest BCUT2D eigenvalue weighted by Crippen LogP contribution is -2.08. The Bertz CT molecular complexity index is 313. The Morgan fingerprint density at radius 2 is 1.73 bits per heavy atom. The molecule has 9 nitrogen and oxygen atoms in total. The van der Waals surface area contributed by atoms with Gasteiger partial charge in [0.1, 0.15) is 0 Å². The van der Waals surface area contributed by atoms with Crippen LogP contribution in [0.15, 0.2) is 4.99 Å². The molecule has 0 heterocycles. The van der Waals surface area contributed by atoms with Gasteiger partial charge in [-0.25, -0.2) is 9.56 Å². The van der Waals surface area contributed by atoms with Crippen molar-refractivity contribution in [1.29, 1.82) is 0 Å².